The summed E-state index contributed by atoms with van der Waals surface area (Å²) in [5.74, 6) is -0.320. The zero-order valence-electron chi connectivity index (χ0n) is 12.6. The van der Waals surface area contributed by atoms with Crippen LogP contribution in [0.25, 0.3) is 10.9 Å². The van der Waals surface area contributed by atoms with Gasteiger partial charge >= 0.3 is 7.12 Å². The van der Waals surface area contributed by atoms with Crippen LogP contribution in [0.5, 0.6) is 0 Å². The molecule has 20 heavy (non-hydrogen) atoms. The van der Waals surface area contributed by atoms with E-state index in [-0.39, 0.29) is 10.9 Å². The maximum absolute atomic E-state index is 14.3. The van der Waals surface area contributed by atoms with Crippen LogP contribution in [0.4, 0.5) is 4.39 Å². The highest BCUT2D eigenvalue weighted by Crippen LogP contribution is 2.38. The SMILES string of the molecule is CC(C)(C)[Si](C)(C)n1cc(B(O)O)c2cccc(F)c21. The number of hydrogen-bond donors (Lipinski definition) is 2. The molecule has 0 aliphatic heterocycles. The van der Waals surface area contributed by atoms with Gasteiger partial charge in [-0.2, -0.15) is 0 Å². The lowest BCUT2D eigenvalue weighted by molar-refractivity contribution is 0.426. The first-order valence-electron chi connectivity index (χ1n) is 6.73. The Morgan fingerprint density at radius 3 is 2.30 bits per heavy atom. The maximum Gasteiger partial charge on any atom is 0.490 e. The molecule has 0 aliphatic rings. The molecule has 1 aromatic carbocycles. The van der Waals surface area contributed by atoms with Crippen LogP contribution in [0.2, 0.25) is 18.1 Å². The number of halogens is 1. The van der Waals surface area contributed by atoms with Gasteiger partial charge in [0.1, 0.15) is 5.82 Å². The molecule has 3 nitrogen and oxygen atoms in total. The largest absolute Gasteiger partial charge is 0.490 e. The van der Waals surface area contributed by atoms with Gasteiger partial charge in [-0.05, 0) is 17.3 Å². The second kappa shape index (κ2) is 4.72. The van der Waals surface area contributed by atoms with Crippen LogP contribution < -0.4 is 5.46 Å². The smallest absolute Gasteiger partial charge is 0.423 e. The van der Waals surface area contributed by atoms with E-state index in [1.165, 1.54) is 6.07 Å². The average molecular weight is 293 g/mol. The van der Waals surface area contributed by atoms with Crippen molar-refractivity contribution in [2.75, 3.05) is 0 Å². The fourth-order valence-corrected chi connectivity index (χ4v) is 4.25. The Kier molecular flexibility index (Phi) is 3.61. The Morgan fingerprint density at radius 1 is 1.20 bits per heavy atom. The fraction of sp³-hybridized carbons (Fsp3) is 0.429. The number of nitrogens with zero attached hydrogens (tertiary/aromatic N) is 1. The Balaban J connectivity index is 2.84. The molecule has 0 aliphatic carbocycles. The topological polar surface area (TPSA) is 45.4 Å². The molecule has 108 valence electrons. The molecule has 0 amide bonds. The number of para-hydroxylation sites is 1. The summed E-state index contributed by atoms with van der Waals surface area (Å²) in [7, 11) is -3.64. The number of fused-ring (bicyclic) bond motifs is 1. The second-order valence-electron chi connectivity index (χ2n) is 6.77. The van der Waals surface area contributed by atoms with E-state index in [4.69, 9.17) is 0 Å². The molecule has 1 aromatic heterocycles. The van der Waals surface area contributed by atoms with Crippen molar-refractivity contribution in [3.63, 3.8) is 0 Å². The van der Waals surface area contributed by atoms with Crippen LogP contribution in [0, 0.1) is 5.82 Å². The summed E-state index contributed by atoms with van der Waals surface area (Å²) in [6.07, 6.45) is 1.70. The third kappa shape index (κ3) is 2.21. The Hall–Kier alpha value is -1.11. The summed E-state index contributed by atoms with van der Waals surface area (Å²) in [5, 5.41) is 19.6. The molecule has 6 heteroatoms. The second-order valence-corrected chi connectivity index (χ2v) is 11.9. The summed E-state index contributed by atoms with van der Waals surface area (Å²) in [6.45, 7) is 10.7. The molecule has 0 radical (unpaired) electrons. The van der Waals surface area contributed by atoms with E-state index < -0.39 is 15.4 Å². The normalized spacial score (nSPS) is 13.0. The lowest BCUT2D eigenvalue weighted by atomic mass is 9.80. The van der Waals surface area contributed by atoms with Crippen molar-refractivity contribution in [3.05, 3.63) is 30.2 Å². The van der Waals surface area contributed by atoms with Gasteiger partial charge in [-0.3, -0.25) is 0 Å². The van der Waals surface area contributed by atoms with Crippen LogP contribution in [0.3, 0.4) is 0 Å². The Morgan fingerprint density at radius 2 is 1.80 bits per heavy atom. The summed E-state index contributed by atoms with van der Waals surface area (Å²) in [4.78, 5) is 0. The minimum absolute atomic E-state index is 0.0128. The van der Waals surface area contributed by atoms with Crippen LogP contribution in [0.15, 0.2) is 24.4 Å². The summed E-state index contributed by atoms with van der Waals surface area (Å²) in [6, 6.07) is 4.75. The Bertz CT molecular complexity index is 646. The van der Waals surface area contributed by atoms with Crippen molar-refractivity contribution in [3.8, 4) is 0 Å². The van der Waals surface area contributed by atoms with Crippen molar-refractivity contribution in [1.82, 2.24) is 4.23 Å². The van der Waals surface area contributed by atoms with Crippen molar-refractivity contribution in [2.45, 2.75) is 38.9 Å². The highest BCUT2D eigenvalue weighted by molar-refractivity contribution is 6.79. The zero-order valence-corrected chi connectivity index (χ0v) is 13.6. The molecule has 1 heterocycles. The van der Waals surface area contributed by atoms with Crippen molar-refractivity contribution < 1.29 is 14.4 Å². The number of benzene rings is 1. The van der Waals surface area contributed by atoms with Crippen LogP contribution >= 0.6 is 0 Å². The highest BCUT2D eigenvalue weighted by Gasteiger charge is 2.39. The van der Waals surface area contributed by atoms with Crippen LogP contribution in [-0.4, -0.2) is 29.6 Å². The van der Waals surface area contributed by atoms with Gasteiger partial charge in [0.05, 0.1) is 5.52 Å². The predicted molar refractivity (Wildman–Crippen MR) is 84.3 cm³/mol. The van der Waals surface area contributed by atoms with E-state index in [1.807, 2.05) is 4.23 Å². The quantitative estimate of drug-likeness (QED) is 0.835. The van der Waals surface area contributed by atoms with Crippen molar-refractivity contribution in [1.29, 1.82) is 0 Å². The first-order valence-corrected chi connectivity index (χ1v) is 9.68. The van der Waals surface area contributed by atoms with Gasteiger partial charge in [0.25, 0.3) is 0 Å². The van der Waals surface area contributed by atoms with Crippen LogP contribution in [0.1, 0.15) is 20.8 Å². The molecule has 0 saturated carbocycles. The van der Waals surface area contributed by atoms with E-state index in [1.54, 1.807) is 18.3 Å². The lowest BCUT2D eigenvalue weighted by Gasteiger charge is -2.38. The molecular formula is C14H21BFNO2Si. The molecule has 0 atom stereocenters. The first kappa shape index (κ1) is 15.3. The van der Waals surface area contributed by atoms with E-state index in [9.17, 15) is 14.4 Å². The van der Waals surface area contributed by atoms with E-state index in [2.05, 4.69) is 33.9 Å². The third-order valence-electron chi connectivity index (χ3n) is 4.52. The first-order chi connectivity index (χ1) is 9.07. The average Bonchev–Trinajstić information content (AvgIpc) is 2.68. The van der Waals surface area contributed by atoms with Gasteiger partial charge in [0.15, 0.2) is 8.24 Å². The summed E-state index contributed by atoms with van der Waals surface area (Å²) < 4.78 is 16.2. The molecule has 0 unspecified atom stereocenters. The van der Waals surface area contributed by atoms with E-state index in [0.717, 1.165) is 0 Å². The molecule has 0 fully saturated rings. The number of aromatic nitrogens is 1. The molecular weight excluding hydrogens is 272 g/mol. The standard InChI is InChI=1S/C14H21BFNO2Si/c1-14(2,3)20(4,5)17-9-11(15(18)19)10-7-6-8-12(16)13(10)17/h6-9,18-19H,1-5H3. The minimum atomic E-state index is -2.05. The third-order valence-corrected chi connectivity index (χ3v) is 9.75. The molecule has 0 spiro atoms. The summed E-state index contributed by atoms with van der Waals surface area (Å²) in [5.41, 5.74) is 0.839. The van der Waals surface area contributed by atoms with Gasteiger partial charge in [-0.15, -0.1) is 0 Å². The molecule has 2 N–H and O–H groups in total. The summed E-state index contributed by atoms with van der Waals surface area (Å²) >= 11 is 0. The fourth-order valence-electron chi connectivity index (χ4n) is 2.27. The van der Waals surface area contributed by atoms with Gasteiger partial charge in [-0.25, -0.2) is 4.39 Å². The molecule has 2 aromatic rings. The van der Waals surface area contributed by atoms with Gasteiger partial charge in [0.2, 0.25) is 0 Å². The minimum Gasteiger partial charge on any atom is -0.423 e. The van der Waals surface area contributed by atoms with Crippen molar-refractivity contribution >= 4 is 31.7 Å². The lowest BCUT2D eigenvalue weighted by Crippen LogP contribution is -2.45. The monoisotopic (exact) mass is 293 g/mol. The van der Waals surface area contributed by atoms with Crippen molar-refractivity contribution in [2.24, 2.45) is 0 Å². The number of rotatable bonds is 2. The maximum atomic E-state index is 14.3. The molecule has 0 bridgehead atoms. The zero-order chi connectivity index (χ0) is 15.3. The molecule has 2 rings (SSSR count). The van der Waals surface area contributed by atoms with E-state index in [0.29, 0.717) is 16.4 Å². The van der Waals surface area contributed by atoms with Gasteiger partial charge < -0.3 is 14.3 Å². The highest BCUT2D eigenvalue weighted by atomic mass is 28.3. The predicted octanol–water partition coefficient (Wildman–Crippen LogP) is 2.31. The van der Waals surface area contributed by atoms with E-state index >= 15 is 0 Å². The number of hydrogen-bond acceptors (Lipinski definition) is 2. The molecule has 0 saturated heterocycles. The van der Waals surface area contributed by atoms with Crippen LogP contribution in [-0.2, 0) is 0 Å². The van der Waals surface area contributed by atoms with Gasteiger partial charge in [-0.1, -0.05) is 46.0 Å². The Labute approximate surface area is 120 Å². The van der Waals surface area contributed by atoms with Gasteiger partial charge in [0, 0.05) is 10.8 Å².